The summed E-state index contributed by atoms with van der Waals surface area (Å²) in [6, 6.07) is 9.19. The molecule has 0 aliphatic rings. The summed E-state index contributed by atoms with van der Waals surface area (Å²) in [6.45, 7) is 0.226. The van der Waals surface area contributed by atoms with E-state index in [1.165, 1.54) is 25.5 Å². The number of oxime groups is 1. The second-order valence-electron chi connectivity index (χ2n) is 4.19. The smallest absolute Gasteiger partial charge is 0.180 e. The van der Waals surface area contributed by atoms with Gasteiger partial charge >= 0.3 is 0 Å². The Morgan fingerprint density at radius 1 is 1.29 bits per heavy atom. The summed E-state index contributed by atoms with van der Waals surface area (Å²) in [5.74, 6) is 0.486. The van der Waals surface area contributed by atoms with Crippen LogP contribution in [0.15, 0.2) is 41.6 Å². The van der Waals surface area contributed by atoms with Gasteiger partial charge in [-0.1, -0.05) is 28.9 Å². The second-order valence-corrected chi connectivity index (χ2v) is 4.60. The Morgan fingerprint density at radius 2 is 2.00 bits per heavy atom. The number of benzene rings is 2. The van der Waals surface area contributed by atoms with Gasteiger partial charge in [0.05, 0.1) is 18.3 Å². The number of nitrogens with zero attached hydrogens (tertiary/aromatic N) is 1. The topological polar surface area (TPSA) is 51.0 Å². The molecule has 2 rings (SSSR count). The lowest BCUT2D eigenvalue weighted by atomic mass is 10.2. The van der Waals surface area contributed by atoms with E-state index in [-0.39, 0.29) is 12.4 Å². The third-order valence-electron chi connectivity index (χ3n) is 2.76. The Hall–Kier alpha value is -2.27. The minimum Gasteiger partial charge on any atom is -0.493 e. The molecule has 2 aromatic rings. The van der Waals surface area contributed by atoms with Gasteiger partial charge in [-0.15, -0.1) is 0 Å². The third kappa shape index (κ3) is 3.86. The zero-order chi connectivity index (χ0) is 15.2. The standard InChI is InChI=1S/C15H13ClFNO3/c1-20-14-7-11(8-18-19)6-13(16)15(14)21-9-10-2-4-12(17)5-3-10/h2-8,19H,9H2,1H3/b18-8-. The molecule has 1 N–H and O–H groups in total. The van der Waals surface area contributed by atoms with E-state index < -0.39 is 0 Å². The van der Waals surface area contributed by atoms with Crippen molar-refractivity contribution in [3.63, 3.8) is 0 Å². The summed E-state index contributed by atoms with van der Waals surface area (Å²) in [7, 11) is 1.48. The van der Waals surface area contributed by atoms with Crippen LogP contribution in [0.5, 0.6) is 11.5 Å². The number of ether oxygens (including phenoxy) is 2. The lowest BCUT2D eigenvalue weighted by molar-refractivity contribution is 0.284. The fourth-order valence-corrected chi connectivity index (χ4v) is 2.03. The first kappa shape index (κ1) is 15.1. The lowest BCUT2D eigenvalue weighted by Gasteiger charge is -2.13. The molecule has 2 aromatic carbocycles. The van der Waals surface area contributed by atoms with E-state index in [9.17, 15) is 4.39 Å². The first-order chi connectivity index (χ1) is 10.1. The van der Waals surface area contributed by atoms with E-state index in [1.54, 1.807) is 24.3 Å². The summed E-state index contributed by atoms with van der Waals surface area (Å²) in [4.78, 5) is 0. The lowest BCUT2D eigenvalue weighted by Crippen LogP contribution is -1.99. The predicted octanol–water partition coefficient (Wildman–Crippen LogP) is 3.87. The molecule has 6 heteroatoms. The Labute approximate surface area is 126 Å². The maximum Gasteiger partial charge on any atom is 0.180 e. The Morgan fingerprint density at radius 3 is 2.62 bits per heavy atom. The van der Waals surface area contributed by atoms with Crippen LogP contribution in [0.3, 0.4) is 0 Å². The number of halogens is 2. The average Bonchev–Trinajstić information content (AvgIpc) is 2.47. The molecular formula is C15H13ClFNO3. The van der Waals surface area contributed by atoms with Crippen molar-refractivity contribution in [2.45, 2.75) is 6.61 Å². The molecule has 0 saturated carbocycles. The van der Waals surface area contributed by atoms with Crippen molar-refractivity contribution in [2.75, 3.05) is 7.11 Å². The molecule has 0 aliphatic carbocycles. The highest BCUT2D eigenvalue weighted by Crippen LogP contribution is 2.36. The van der Waals surface area contributed by atoms with Gasteiger partial charge in [0.25, 0.3) is 0 Å². The van der Waals surface area contributed by atoms with Crippen molar-refractivity contribution >= 4 is 17.8 Å². The molecule has 0 bridgehead atoms. The summed E-state index contributed by atoms with van der Waals surface area (Å²) in [5, 5.41) is 11.8. The van der Waals surface area contributed by atoms with E-state index in [1.807, 2.05) is 0 Å². The maximum absolute atomic E-state index is 12.8. The van der Waals surface area contributed by atoms with Crippen molar-refractivity contribution in [3.8, 4) is 11.5 Å². The van der Waals surface area contributed by atoms with Gasteiger partial charge in [0.1, 0.15) is 12.4 Å². The van der Waals surface area contributed by atoms with Crippen LogP contribution in [0.4, 0.5) is 4.39 Å². The minimum absolute atomic E-state index is 0.226. The highest BCUT2D eigenvalue weighted by molar-refractivity contribution is 6.32. The Balaban J connectivity index is 2.20. The number of hydrogen-bond donors (Lipinski definition) is 1. The molecule has 0 radical (unpaired) electrons. The van der Waals surface area contributed by atoms with Gasteiger partial charge in [-0.25, -0.2) is 4.39 Å². The summed E-state index contributed by atoms with van der Waals surface area (Å²) < 4.78 is 23.7. The fourth-order valence-electron chi connectivity index (χ4n) is 1.76. The summed E-state index contributed by atoms with van der Waals surface area (Å²) in [5.41, 5.74) is 1.38. The van der Waals surface area contributed by atoms with Crippen molar-refractivity contribution < 1.29 is 19.1 Å². The molecular weight excluding hydrogens is 297 g/mol. The number of rotatable bonds is 5. The van der Waals surface area contributed by atoms with Crippen LogP contribution in [-0.4, -0.2) is 18.5 Å². The van der Waals surface area contributed by atoms with Crippen LogP contribution >= 0.6 is 11.6 Å². The number of methoxy groups -OCH3 is 1. The molecule has 0 aromatic heterocycles. The zero-order valence-corrected chi connectivity index (χ0v) is 12.0. The van der Waals surface area contributed by atoms with Crippen molar-refractivity contribution in [2.24, 2.45) is 5.16 Å². The first-order valence-corrected chi connectivity index (χ1v) is 6.44. The molecule has 0 fully saturated rings. The molecule has 0 heterocycles. The monoisotopic (exact) mass is 309 g/mol. The van der Waals surface area contributed by atoms with E-state index >= 15 is 0 Å². The highest BCUT2D eigenvalue weighted by Gasteiger charge is 2.12. The van der Waals surface area contributed by atoms with Crippen LogP contribution in [-0.2, 0) is 6.61 Å². The van der Waals surface area contributed by atoms with Gasteiger partial charge in [-0.3, -0.25) is 0 Å². The molecule has 110 valence electrons. The van der Waals surface area contributed by atoms with E-state index in [4.69, 9.17) is 26.3 Å². The summed E-state index contributed by atoms with van der Waals surface area (Å²) in [6.07, 6.45) is 1.23. The van der Waals surface area contributed by atoms with Gasteiger partial charge in [-0.05, 0) is 29.8 Å². The number of hydrogen-bond acceptors (Lipinski definition) is 4. The molecule has 21 heavy (non-hydrogen) atoms. The molecule has 0 atom stereocenters. The molecule has 0 aliphatic heterocycles. The zero-order valence-electron chi connectivity index (χ0n) is 11.2. The van der Waals surface area contributed by atoms with E-state index in [0.717, 1.165) is 5.56 Å². The SMILES string of the molecule is COc1cc(/C=N\O)cc(Cl)c1OCc1ccc(F)cc1. The van der Waals surface area contributed by atoms with Gasteiger partial charge in [0.15, 0.2) is 11.5 Å². The van der Waals surface area contributed by atoms with Gasteiger partial charge < -0.3 is 14.7 Å². The quantitative estimate of drug-likeness (QED) is 0.518. The predicted molar refractivity (Wildman–Crippen MR) is 78.1 cm³/mol. The van der Waals surface area contributed by atoms with E-state index in [2.05, 4.69) is 5.16 Å². The first-order valence-electron chi connectivity index (χ1n) is 6.06. The van der Waals surface area contributed by atoms with Gasteiger partial charge in [0, 0.05) is 5.56 Å². The van der Waals surface area contributed by atoms with Gasteiger partial charge in [0.2, 0.25) is 0 Å². The maximum atomic E-state index is 12.8. The molecule has 0 saturated heterocycles. The average molecular weight is 310 g/mol. The highest BCUT2D eigenvalue weighted by atomic mass is 35.5. The van der Waals surface area contributed by atoms with Crippen LogP contribution in [0.1, 0.15) is 11.1 Å². The van der Waals surface area contributed by atoms with Gasteiger partial charge in [-0.2, -0.15) is 0 Å². The molecule has 4 nitrogen and oxygen atoms in total. The molecule has 0 spiro atoms. The Bertz CT molecular complexity index is 644. The van der Waals surface area contributed by atoms with Crippen LogP contribution < -0.4 is 9.47 Å². The largest absolute Gasteiger partial charge is 0.493 e. The Kier molecular flexibility index (Phi) is 5.00. The third-order valence-corrected chi connectivity index (χ3v) is 3.04. The second kappa shape index (κ2) is 6.95. The van der Waals surface area contributed by atoms with Crippen LogP contribution in [0, 0.1) is 5.82 Å². The van der Waals surface area contributed by atoms with Crippen LogP contribution in [0.2, 0.25) is 5.02 Å². The van der Waals surface area contributed by atoms with Crippen molar-refractivity contribution in [1.82, 2.24) is 0 Å². The van der Waals surface area contributed by atoms with Crippen molar-refractivity contribution in [1.29, 1.82) is 0 Å². The summed E-state index contributed by atoms with van der Waals surface area (Å²) >= 11 is 6.13. The van der Waals surface area contributed by atoms with E-state index in [0.29, 0.717) is 22.1 Å². The fraction of sp³-hybridized carbons (Fsp3) is 0.133. The minimum atomic E-state index is -0.304. The van der Waals surface area contributed by atoms with Crippen LogP contribution in [0.25, 0.3) is 0 Å². The molecule has 0 amide bonds. The molecule has 0 unspecified atom stereocenters. The normalized spacial score (nSPS) is 10.8. The van der Waals surface area contributed by atoms with Crippen molar-refractivity contribution in [3.05, 3.63) is 58.4 Å².